The van der Waals surface area contributed by atoms with Crippen molar-refractivity contribution in [2.45, 2.75) is 37.8 Å². The van der Waals surface area contributed by atoms with Gasteiger partial charge in [0.15, 0.2) is 5.16 Å². The lowest BCUT2D eigenvalue weighted by molar-refractivity contribution is -0.151. The second-order valence-electron chi connectivity index (χ2n) is 8.39. The van der Waals surface area contributed by atoms with Crippen LogP contribution < -0.4 is 5.56 Å². The van der Waals surface area contributed by atoms with E-state index in [9.17, 15) is 18.8 Å². The van der Waals surface area contributed by atoms with Gasteiger partial charge in [-0.2, -0.15) is 0 Å². The maximum Gasteiger partial charge on any atom is 0.309 e. The summed E-state index contributed by atoms with van der Waals surface area (Å²) >= 11 is 1.37. The van der Waals surface area contributed by atoms with Crippen molar-refractivity contribution in [1.29, 1.82) is 0 Å². The molecule has 184 valence electrons. The fourth-order valence-electron chi connectivity index (χ4n) is 4.22. The molecule has 1 aromatic heterocycles. The molecule has 1 aliphatic rings. The van der Waals surface area contributed by atoms with Gasteiger partial charge in [0.25, 0.3) is 5.56 Å². The average molecular weight is 498 g/mol. The lowest BCUT2D eigenvalue weighted by atomic mass is 9.97. The first kappa shape index (κ1) is 24.9. The number of halogens is 1. The van der Waals surface area contributed by atoms with Crippen LogP contribution in [-0.4, -0.2) is 51.8 Å². The van der Waals surface area contributed by atoms with Crippen molar-refractivity contribution in [2.75, 3.05) is 25.4 Å². The zero-order valence-electron chi connectivity index (χ0n) is 19.6. The highest BCUT2D eigenvalue weighted by Crippen LogP contribution is 2.24. The number of fused-ring (bicyclic) bond motifs is 1. The van der Waals surface area contributed by atoms with Gasteiger partial charge < -0.3 is 9.64 Å². The Morgan fingerprint density at radius 2 is 1.91 bits per heavy atom. The van der Waals surface area contributed by atoms with Crippen LogP contribution in [0.25, 0.3) is 16.6 Å². The quantitative estimate of drug-likeness (QED) is 0.201. The zero-order chi connectivity index (χ0) is 24.8. The Morgan fingerprint density at radius 3 is 2.66 bits per heavy atom. The number of benzene rings is 2. The Bertz CT molecular complexity index is 1270. The van der Waals surface area contributed by atoms with Crippen LogP contribution >= 0.6 is 11.8 Å². The Morgan fingerprint density at radius 1 is 1.14 bits per heavy atom. The van der Waals surface area contributed by atoms with Crippen LogP contribution in [0.15, 0.2) is 58.5 Å². The van der Waals surface area contributed by atoms with Crippen LogP contribution in [0.3, 0.4) is 0 Å². The number of hydrogen-bond acceptors (Lipinski definition) is 6. The van der Waals surface area contributed by atoms with Crippen molar-refractivity contribution in [3.63, 3.8) is 0 Å². The summed E-state index contributed by atoms with van der Waals surface area (Å²) in [5.41, 5.74) is 0.730. The number of hydrogen-bond donors (Lipinski definition) is 0. The van der Waals surface area contributed by atoms with Gasteiger partial charge in [0.2, 0.25) is 5.91 Å². The smallest absolute Gasteiger partial charge is 0.309 e. The van der Waals surface area contributed by atoms with Crippen LogP contribution in [0.4, 0.5) is 4.39 Å². The SMILES string of the molecule is CCOC(=O)C1CCN(C(=O)CCCSc2nc3ccccc3c(=O)n2-c2cccc(F)c2)CC1. The molecule has 1 amide bonds. The number of thioether (sulfide) groups is 1. The highest BCUT2D eigenvalue weighted by Gasteiger charge is 2.27. The third kappa shape index (κ3) is 5.90. The number of piperidine rings is 1. The third-order valence-electron chi connectivity index (χ3n) is 6.05. The number of esters is 1. The number of likely N-dealkylation sites (tertiary alicyclic amines) is 1. The molecule has 0 radical (unpaired) electrons. The molecule has 0 bridgehead atoms. The maximum atomic E-state index is 13.9. The molecule has 1 saturated heterocycles. The molecule has 1 fully saturated rings. The van der Waals surface area contributed by atoms with Gasteiger partial charge in [0, 0.05) is 25.3 Å². The fraction of sp³-hybridized carbons (Fsp3) is 0.385. The van der Waals surface area contributed by atoms with E-state index in [4.69, 9.17) is 4.74 Å². The van der Waals surface area contributed by atoms with E-state index in [1.54, 1.807) is 42.2 Å². The minimum atomic E-state index is -0.434. The van der Waals surface area contributed by atoms with Gasteiger partial charge in [-0.25, -0.2) is 9.37 Å². The van der Waals surface area contributed by atoms with E-state index in [0.29, 0.717) is 72.9 Å². The summed E-state index contributed by atoms with van der Waals surface area (Å²) in [6.07, 6.45) is 2.22. The molecule has 0 atom stereocenters. The monoisotopic (exact) mass is 497 g/mol. The van der Waals surface area contributed by atoms with Crippen molar-refractivity contribution in [2.24, 2.45) is 5.92 Å². The van der Waals surface area contributed by atoms with Crippen LogP contribution in [0.1, 0.15) is 32.6 Å². The number of ether oxygens (including phenoxy) is 1. The predicted molar refractivity (Wildman–Crippen MR) is 133 cm³/mol. The first-order valence-corrected chi connectivity index (χ1v) is 12.8. The van der Waals surface area contributed by atoms with Gasteiger partial charge >= 0.3 is 5.97 Å². The Balaban J connectivity index is 1.40. The third-order valence-corrected chi connectivity index (χ3v) is 7.07. The number of nitrogens with zero attached hydrogens (tertiary/aromatic N) is 3. The second kappa shape index (κ2) is 11.5. The summed E-state index contributed by atoms with van der Waals surface area (Å²) < 4.78 is 20.4. The van der Waals surface area contributed by atoms with Crippen molar-refractivity contribution in [3.05, 3.63) is 64.7 Å². The van der Waals surface area contributed by atoms with Gasteiger partial charge in [-0.15, -0.1) is 0 Å². The van der Waals surface area contributed by atoms with Gasteiger partial charge in [-0.05, 0) is 56.5 Å². The van der Waals surface area contributed by atoms with E-state index >= 15 is 0 Å². The van der Waals surface area contributed by atoms with Crippen molar-refractivity contribution in [3.8, 4) is 5.69 Å². The molecule has 4 rings (SSSR count). The van der Waals surface area contributed by atoms with E-state index in [-0.39, 0.29) is 23.4 Å². The molecule has 35 heavy (non-hydrogen) atoms. The predicted octanol–water partition coefficient (Wildman–Crippen LogP) is 4.20. The van der Waals surface area contributed by atoms with Gasteiger partial charge in [-0.1, -0.05) is 30.0 Å². The molecular formula is C26H28FN3O4S. The van der Waals surface area contributed by atoms with Gasteiger partial charge in [0.1, 0.15) is 5.82 Å². The number of para-hydroxylation sites is 1. The highest BCUT2D eigenvalue weighted by molar-refractivity contribution is 7.99. The fourth-order valence-corrected chi connectivity index (χ4v) is 5.17. The van der Waals surface area contributed by atoms with Crippen molar-refractivity contribution < 1.29 is 18.7 Å². The molecule has 3 aromatic rings. The number of rotatable bonds is 8. The van der Waals surface area contributed by atoms with E-state index in [1.165, 1.54) is 28.5 Å². The standard InChI is InChI=1S/C26H28FN3O4S/c1-2-34-25(33)18-12-14-29(15-13-18)23(31)11-6-16-35-26-28-22-10-4-3-9-21(22)24(32)30(26)20-8-5-7-19(27)17-20/h3-5,7-10,17-18H,2,6,11-16H2,1H3. The summed E-state index contributed by atoms with van der Waals surface area (Å²) in [6, 6.07) is 13.0. The largest absolute Gasteiger partial charge is 0.466 e. The molecule has 1 aliphatic heterocycles. The second-order valence-corrected chi connectivity index (χ2v) is 9.45. The first-order chi connectivity index (χ1) is 17.0. The minimum Gasteiger partial charge on any atom is -0.466 e. The van der Waals surface area contributed by atoms with Crippen LogP contribution in [0, 0.1) is 11.7 Å². The van der Waals surface area contributed by atoms with Crippen LogP contribution in [-0.2, 0) is 14.3 Å². The Labute approximate surface area is 207 Å². The van der Waals surface area contributed by atoms with Crippen LogP contribution in [0.5, 0.6) is 0 Å². The average Bonchev–Trinajstić information content (AvgIpc) is 2.87. The van der Waals surface area contributed by atoms with E-state index in [0.717, 1.165) is 0 Å². The maximum absolute atomic E-state index is 13.9. The molecule has 7 nitrogen and oxygen atoms in total. The molecule has 2 heterocycles. The summed E-state index contributed by atoms with van der Waals surface area (Å²) in [5.74, 6) is -0.112. The summed E-state index contributed by atoms with van der Waals surface area (Å²) in [6.45, 7) is 3.27. The molecule has 0 unspecified atom stereocenters. The number of carbonyl (C=O) groups excluding carboxylic acids is 2. The van der Waals surface area contributed by atoms with Gasteiger partial charge in [0.05, 0.1) is 29.1 Å². The summed E-state index contributed by atoms with van der Waals surface area (Å²) in [4.78, 5) is 44.2. The topological polar surface area (TPSA) is 81.5 Å². The Hall–Kier alpha value is -3.20. The summed E-state index contributed by atoms with van der Waals surface area (Å²) in [5, 5.41) is 0.921. The van der Waals surface area contributed by atoms with Crippen LogP contribution in [0.2, 0.25) is 0 Å². The molecular weight excluding hydrogens is 469 g/mol. The number of amides is 1. The number of aromatic nitrogens is 2. The lowest BCUT2D eigenvalue weighted by Gasteiger charge is -2.31. The van der Waals surface area contributed by atoms with Crippen molar-refractivity contribution in [1.82, 2.24) is 14.5 Å². The molecule has 0 aliphatic carbocycles. The molecule has 9 heteroatoms. The highest BCUT2D eigenvalue weighted by atomic mass is 32.2. The summed E-state index contributed by atoms with van der Waals surface area (Å²) in [7, 11) is 0. The van der Waals surface area contributed by atoms with E-state index in [2.05, 4.69) is 4.98 Å². The van der Waals surface area contributed by atoms with Gasteiger partial charge in [-0.3, -0.25) is 19.0 Å². The normalized spacial score (nSPS) is 14.3. The first-order valence-electron chi connectivity index (χ1n) is 11.8. The minimum absolute atomic E-state index is 0.0573. The van der Waals surface area contributed by atoms with E-state index in [1.807, 2.05) is 6.07 Å². The lowest BCUT2D eigenvalue weighted by Crippen LogP contribution is -2.40. The molecule has 0 spiro atoms. The number of carbonyl (C=O) groups is 2. The zero-order valence-corrected chi connectivity index (χ0v) is 20.4. The Kier molecular flexibility index (Phi) is 8.17. The molecule has 2 aromatic carbocycles. The molecule has 0 N–H and O–H groups in total. The van der Waals surface area contributed by atoms with E-state index < -0.39 is 5.82 Å². The molecule has 0 saturated carbocycles. The van der Waals surface area contributed by atoms with Crippen molar-refractivity contribution >= 4 is 34.5 Å².